The van der Waals surface area contributed by atoms with E-state index in [1.54, 1.807) is 4.68 Å². The van der Waals surface area contributed by atoms with Crippen molar-refractivity contribution in [1.82, 2.24) is 9.78 Å². The Morgan fingerprint density at radius 2 is 2.14 bits per heavy atom. The fraction of sp³-hybridized carbons (Fsp3) is 0.100. The van der Waals surface area contributed by atoms with Gasteiger partial charge in [0, 0.05) is 28.1 Å². The second kappa shape index (κ2) is 3.61. The number of benzene rings is 1. The van der Waals surface area contributed by atoms with Gasteiger partial charge in [0.05, 0.1) is 6.20 Å². The molecular formula is C10H10IN3. The van der Waals surface area contributed by atoms with E-state index in [1.807, 2.05) is 31.6 Å². The maximum atomic E-state index is 5.83. The van der Waals surface area contributed by atoms with Gasteiger partial charge >= 0.3 is 0 Å². The normalized spacial score (nSPS) is 10.4. The maximum Gasteiger partial charge on any atom is 0.0568 e. The molecule has 0 saturated carbocycles. The molecule has 0 amide bonds. The largest absolute Gasteiger partial charge is 0.398 e. The number of nitrogens with zero attached hydrogens (tertiary/aromatic N) is 2. The van der Waals surface area contributed by atoms with Crippen molar-refractivity contribution in [2.24, 2.45) is 7.05 Å². The lowest BCUT2D eigenvalue weighted by Gasteiger charge is -2.01. The number of nitrogen functional groups attached to an aromatic ring is 1. The van der Waals surface area contributed by atoms with Crippen molar-refractivity contribution in [3.8, 4) is 11.1 Å². The highest BCUT2D eigenvalue weighted by molar-refractivity contribution is 14.1. The minimum atomic E-state index is 0.812. The molecule has 2 rings (SSSR count). The van der Waals surface area contributed by atoms with Crippen LogP contribution in [0.25, 0.3) is 11.1 Å². The third-order valence-electron chi connectivity index (χ3n) is 2.03. The van der Waals surface area contributed by atoms with Crippen molar-refractivity contribution in [3.05, 3.63) is 34.2 Å². The number of hydrogen-bond donors (Lipinski definition) is 1. The zero-order valence-corrected chi connectivity index (χ0v) is 9.89. The van der Waals surface area contributed by atoms with E-state index in [0.717, 1.165) is 20.4 Å². The zero-order chi connectivity index (χ0) is 10.1. The molecule has 0 atom stereocenters. The van der Waals surface area contributed by atoms with Gasteiger partial charge in [-0.25, -0.2) is 0 Å². The van der Waals surface area contributed by atoms with E-state index in [2.05, 4.69) is 33.8 Å². The first kappa shape index (κ1) is 9.51. The zero-order valence-electron chi connectivity index (χ0n) is 7.74. The lowest BCUT2D eigenvalue weighted by atomic mass is 10.1. The third kappa shape index (κ3) is 1.75. The van der Waals surface area contributed by atoms with Gasteiger partial charge in [-0.15, -0.1) is 0 Å². The predicted octanol–water partition coefficient (Wildman–Crippen LogP) is 2.27. The Labute approximate surface area is 96.1 Å². The van der Waals surface area contributed by atoms with Crippen LogP contribution in [0.3, 0.4) is 0 Å². The van der Waals surface area contributed by atoms with Crippen molar-refractivity contribution in [2.45, 2.75) is 0 Å². The van der Waals surface area contributed by atoms with Gasteiger partial charge in [0.15, 0.2) is 0 Å². The second-order valence-electron chi connectivity index (χ2n) is 3.14. The molecule has 0 aliphatic heterocycles. The molecule has 0 unspecified atom stereocenters. The van der Waals surface area contributed by atoms with Crippen LogP contribution in [0.1, 0.15) is 0 Å². The molecule has 4 heteroatoms. The Morgan fingerprint density at radius 1 is 1.36 bits per heavy atom. The summed E-state index contributed by atoms with van der Waals surface area (Å²) in [6.07, 6.45) is 3.81. The van der Waals surface area contributed by atoms with E-state index in [-0.39, 0.29) is 0 Å². The fourth-order valence-corrected chi connectivity index (χ4v) is 1.63. The van der Waals surface area contributed by atoms with Gasteiger partial charge in [-0.2, -0.15) is 5.10 Å². The van der Waals surface area contributed by atoms with Crippen LogP contribution in [0, 0.1) is 3.57 Å². The number of aromatic nitrogens is 2. The smallest absolute Gasteiger partial charge is 0.0568 e. The summed E-state index contributed by atoms with van der Waals surface area (Å²) in [5.41, 5.74) is 8.84. The highest BCUT2D eigenvalue weighted by Crippen LogP contribution is 2.24. The summed E-state index contributed by atoms with van der Waals surface area (Å²) in [6.45, 7) is 0. The number of aryl methyl sites for hydroxylation is 1. The van der Waals surface area contributed by atoms with Crippen molar-refractivity contribution in [3.63, 3.8) is 0 Å². The standard InChI is InChI=1S/C10H10IN3/c1-14-6-8(5-13-14)7-2-3-9(11)10(12)4-7/h2-6H,12H2,1H3. The van der Waals surface area contributed by atoms with E-state index >= 15 is 0 Å². The molecular weight excluding hydrogens is 289 g/mol. The Hall–Kier alpha value is -1.04. The summed E-state index contributed by atoms with van der Waals surface area (Å²) in [7, 11) is 1.90. The summed E-state index contributed by atoms with van der Waals surface area (Å²) in [5.74, 6) is 0. The fourth-order valence-electron chi connectivity index (χ4n) is 1.29. The minimum absolute atomic E-state index is 0.812. The van der Waals surface area contributed by atoms with Crippen LogP contribution in [0.2, 0.25) is 0 Å². The molecule has 1 heterocycles. The molecule has 0 fully saturated rings. The first-order chi connectivity index (χ1) is 6.66. The predicted molar refractivity (Wildman–Crippen MR) is 65.8 cm³/mol. The van der Waals surface area contributed by atoms with E-state index in [9.17, 15) is 0 Å². The van der Waals surface area contributed by atoms with Crippen molar-refractivity contribution < 1.29 is 0 Å². The number of anilines is 1. The van der Waals surface area contributed by atoms with Crippen LogP contribution >= 0.6 is 22.6 Å². The average molecular weight is 299 g/mol. The highest BCUT2D eigenvalue weighted by Gasteiger charge is 2.02. The summed E-state index contributed by atoms with van der Waals surface area (Å²) in [4.78, 5) is 0. The molecule has 0 radical (unpaired) electrons. The molecule has 14 heavy (non-hydrogen) atoms. The molecule has 0 aliphatic carbocycles. The number of hydrogen-bond acceptors (Lipinski definition) is 2. The van der Waals surface area contributed by atoms with Gasteiger partial charge < -0.3 is 5.73 Å². The molecule has 72 valence electrons. The Balaban J connectivity index is 2.47. The number of nitrogens with two attached hydrogens (primary N) is 1. The summed E-state index contributed by atoms with van der Waals surface area (Å²) in [5, 5.41) is 4.12. The number of rotatable bonds is 1. The highest BCUT2D eigenvalue weighted by atomic mass is 127. The van der Waals surface area contributed by atoms with E-state index in [1.165, 1.54) is 0 Å². The van der Waals surface area contributed by atoms with E-state index < -0.39 is 0 Å². The van der Waals surface area contributed by atoms with Crippen LogP contribution in [0.15, 0.2) is 30.6 Å². The molecule has 3 nitrogen and oxygen atoms in total. The van der Waals surface area contributed by atoms with Gasteiger partial charge in [-0.3, -0.25) is 4.68 Å². The molecule has 2 N–H and O–H groups in total. The quantitative estimate of drug-likeness (QED) is 0.648. The van der Waals surface area contributed by atoms with Gasteiger partial charge in [-0.1, -0.05) is 6.07 Å². The molecule has 0 bridgehead atoms. The van der Waals surface area contributed by atoms with Crippen molar-refractivity contribution in [2.75, 3.05) is 5.73 Å². The van der Waals surface area contributed by atoms with Gasteiger partial charge in [0.1, 0.15) is 0 Å². The average Bonchev–Trinajstić information content (AvgIpc) is 2.57. The lowest BCUT2D eigenvalue weighted by molar-refractivity contribution is 0.768. The first-order valence-corrected chi connectivity index (χ1v) is 5.29. The molecule has 0 saturated heterocycles. The van der Waals surface area contributed by atoms with Crippen LogP contribution in [-0.2, 0) is 7.05 Å². The van der Waals surface area contributed by atoms with Gasteiger partial charge in [-0.05, 0) is 40.3 Å². The SMILES string of the molecule is Cn1cc(-c2ccc(I)c(N)c2)cn1. The van der Waals surface area contributed by atoms with E-state index in [0.29, 0.717) is 0 Å². The first-order valence-electron chi connectivity index (χ1n) is 4.21. The number of halogens is 1. The second-order valence-corrected chi connectivity index (χ2v) is 4.30. The van der Waals surface area contributed by atoms with Crippen LogP contribution in [0.5, 0.6) is 0 Å². The lowest BCUT2D eigenvalue weighted by Crippen LogP contribution is -1.89. The van der Waals surface area contributed by atoms with Crippen molar-refractivity contribution in [1.29, 1.82) is 0 Å². The third-order valence-corrected chi connectivity index (χ3v) is 3.02. The van der Waals surface area contributed by atoms with Crippen molar-refractivity contribution >= 4 is 28.3 Å². The van der Waals surface area contributed by atoms with Crippen LogP contribution < -0.4 is 5.73 Å². The Bertz CT molecular complexity index is 462. The van der Waals surface area contributed by atoms with Crippen LogP contribution in [-0.4, -0.2) is 9.78 Å². The summed E-state index contributed by atoms with van der Waals surface area (Å²) in [6, 6.07) is 6.03. The molecule has 2 aromatic rings. The molecule has 1 aromatic heterocycles. The monoisotopic (exact) mass is 299 g/mol. The minimum Gasteiger partial charge on any atom is -0.398 e. The molecule has 0 aliphatic rings. The Morgan fingerprint density at radius 3 is 2.71 bits per heavy atom. The van der Waals surface area contributed by atoms with Gasteiger partial charge in [0.25, 0.3) is 0 Å². The molecule has 1 aromatic carbocycles. The molecule has 0 spiro atoms. The maximum absolute atomic E-state index is 5.83. The summed E-state index contributed by atoms with van der Waals surface area (Å²) < 4.78 is 2.86. The van der Waals surface area contributed by atoms with E-state index in [4.69, 9.17) is 5.73 Å². The van der Waals surface area contributed by atoms with Gasteiger partial charge in [0.2, 0.25) is 0 Å². The topological polar surface area (TPSA) is 43.8 Å². The Kier molecular flexibility index (Phi) is 2.45. The van der Waals surface area contributed by atoms with Crippen LogP contribution in [0.4, 0.5) is 5.69 Å². The summed E-state index contributed by atoms with van der Waals surface area (Å²) >= 11 is 2.22.